The number of ether oxygens (including phenoxy) is 2. The Morgan fingerprint density at radius 3 is 2.11 bits per heavy atom. The molecular formula is C22H29N3O2. The summed E-state index contributed by atoms with van der Waals surface area (Å²) in [5, 5.41) is 0. The van der Waals surface area contributed by atoms with Gasteiger partial charge in [0.2, 0.25) is 0 Å². The van der Waals surface area contributed by atoms with Crippen molar-refractivity contribution in [3.05, 3.63) is 54.6 Å². The number of hydrogen-bond donors (Lipinski definition) is 0. The summed E-state index contributed by atoms with van der Waals surface area (Å²) in [4.78, 5) is 7.54. The second-order valence-electron chi connectivity index (χ2n) is 7.31. The number of para-hydroxylation sites is 3. The molecule has 2 aromatic carbocycles. The normalized spacial score (nSPS) is 18.9. The van der Waals surface area contributed by atoms with Crippen LogP contribution in [0.25, 0.3) is 0 Å². The minimum absolute atomic E-state index is 0.274. The van der Waals surface area contributed by atoms with Crippen LogP contribution in [0.2, 0.25) is 0 Å². The van der Waals surface area contributed by atoms with Crippen molar-refractivity contribution in [3.63, 3.8) is 0 Å². The van der Waals surface area contributed by atoms with Crippen molar-refractivity contribution in [1.29, 1.82) is 0 Å². The van der Waals surface area contributed by atoms with Gasteiger partial charge in [0.1, 0.15) is 6.10 Å². The van der Waals surface area contributed by atoms with Crippen molar-refractivity contribution in [1.82, 2.24) is 9.80 Å². The summed E-state index contributed by atoms with van der Waals surface area (Å²) >= 11 is 0. The molecule has 2 fully saturated rings. The Morgan fingerprint density at radius 2 is 1.41 bits per heavy atom. The average Bonchev–Trinajstić information content (AvgIpc) is 2.71. The summed E-state index contributed by atoms with van der Waals surface area (Å²) in [5.74, 6) is 1.66. The summed E-state index contributed by atoms with van der Waals surface area (Å²) in [6.45, 7) is 8.78. The van der Waals surface area contributed by atoms with Crippen LogP contribution in [-0.4, -0.2) is 75.4 Å². The fraction of sp³-hybridized carbons (Fsp3) is 0.455. The van der Waals surface area contributed by atoms with Gasteiger partial charge in [0, 0.05) is 58.0 Å². The SMILES string of the molecule is COc1ccccc1OC1CN(CCN2CCN(c3ccccc3)CC2)C1. The molecule has 2 aliphatic heterocycles. The molecule has 144 valence electrons. The standard InChI is InChI=1S/C22H29N3O2/c1-26-21-9-5-6-10-22(21)27-20-17-24(18-20)12-11-23-13-15-25(16-14-23)19-7-3-2-4-8-19/h2-10,20H,11-18H2,1H3. The maximum atomic E-state index is 6.07. The maximum Gasteiger partial charge on any atom is 0.161 e. The van der Waals surface area contributed by atoms with Crippen LogP contribution in [0.1, 0.15) is 0 Å². The molecule has 0 unspecified atom stereocenters. The summed E-state index contributed by atoms with van der Waals surface area (Å²) in [6.07, 6.45) is 0.274. The van der Waals surface area contributed by atoms with Crippen molar-refractivity contribution >= 4 is 5.69 Å². The number of rotatable bonds is 7. The molecule has 0 aromatic heterocycles. The minimum atomic E-state index is 0.274. The van der Waals surface area contributed by atoms with Gasteiger partial charge in [0.15, 0.2) is 11.5 Å². The summed E-state index contributed by atoms with van der Waals surface area (Å²) in [5.41, 5.74) is 1.34. The molecule has 0 aliphatic carbocycles. The van der Waals surface area contributed by atoms with E-state index in [0.29, 0.717) is 0 Å². The van der Waals surface area contributed by atoms with Crippen LogP contribution in [0, 0.1) is 0 Å². The van der Waals surface area contributed by atoms with Crippen LogP contribution in [-0.2, 0) is 0 Å². The lowest BCUT2D eigenvalue weighted by molar-refractivity contribution is 0.0126. The molecule has 2 heterocycles. The Hall–Kier alpha value is -2.24. The number of likely N-dealkylation sites (tertiary alicyclic amines) is 1. The molecule has 5 heteroatoms. The summed E-state index contributed by atoms with van der Waals surface area (Å²) in [6, 6.07) is 18.6. The molecule has 2 aromatic rings. The van der Waals surface area contributed by atoms with Crippen LogP contribution < -0.4 is 14.4 Å². The topological polar surface area (TPSA) is 28.2 Å². The zero-order valence-corrected chi connectivity index (χ0v) is 16.1. The molecule has 0 saturated carbocycles. The highest BCUT2D eigenvalue weighted by Crippen LogP contribution is 2.28. The fourth-order valence-corrected chi connectivity index (χ4v) is 3.83. The molecule has 0 N–H and O–H groups in total. The van der Waals surface area contributed by atoms with Crippen molar-refractivity contribution in [2.75, 3.05) is 64.4 Å². The summed E-state index contributed by atoms with van der Waals surface area (Å²) in [7, 11) is 1.69. The van der Waals surface area contributed by atoms with E-state index in [1.54, 1.807) is 7.11 Å². The van der Waals surface area contributed by atoms with Gasteiger partial charge in [0.05, 0.1) is 7.11 Å². The Morgan fingerprint density at radius 1 is 0.778 bits per heavy atom. The number of piperazine rings is 1. The Bertz CT molecular complexity index is 711. The highest BCUT2D eigenvalue weighted by Gasteiger charge is 2.29. The molecule has 0 spiro atoms. The summed E-state index contributed by atoms with van der Waals surface area (Å²) < 4.78 is 11.4. The Labute approximate surface area is 162 Å². The predicted octanol–water partition coefficient (Wildman–Crippen LogP) is 2.58. The van der Waals surface area contributed by atoms with Crippen molar-refractivity contribution in [2.24, 2.45) is 0 Å². The molecule has 0 radical (unpaired) electrons. The van der Waals surface area contributed by atoms with Crippen molar-refractivity contribution in [3.8, 4) is 11.5 Å². The molecule has 2 saturated heterocycles. The van der Waals surface area contributed by atoms with E-state index in [9.17, 15) is 0 Å². The third kappa shape index (κ3) is 4.54. The molecule has 5 nitrogen and oxygen atoms in total. The zero-order chi connectivity index (χ0) is 18.5. The van der Waals surface area contributed by atoms with Gasteiger partial charge >= 0.3 is 0 Å². The number of hydrogen-bond acceptors (Lipinski definition) is 5. The van der Waals surface area contributed by atoms with Gasteiger partial charge in [-0.2, -0.15) is 0 Å². The van der Waals surface area contributed by atoms with Gasteiger partial charge in [-0.3, -0.25) is 9.80 Å². The van der Waals surface area contributed by atoms with Crippen LogP contribution in [0.3, 0.4) is 0 Å². The number of benzene rings is 2. The molecule has 2 aliphatic rings. The van der Waals surface area contributed by atoms with E-state index in [2.05, 4.69) is 45.0 Å². The molecule has 0 bridgehead atoms. The first-order chi connectivity index (χ1) is 13.3. The first-order valence-corrected chi connectivity index (χ1v) is 9.86. The molecule has 0 atom stereocenters. The minimum Gasteiger partial charge on any atom is -0.493 e. The van der Waals surface area contributed by atoms with E-state index in [0.717, 1.165) is 63.9 Å². The predicted molar refractivity (Wildman–Crippen MR) is 109 cm³/mol. The van der Waals surface area contributed by atoms with Crippen LogP contribution in [0.4, 0.5) is 5.69 Å². The number of nitrogens with zero attached hydrogens (tertiary/aromatic N) is 3. The third-order valence-electron chi connectivity index (χ3n) is 5.51. The lowest BCUT2D eigenvalue weighted by Gasteiger charge is -2.41. The molecule has 0 amide bonds. The quantitative estimate of drug-likeness (QED) is 0.750. The molecular weight excluding hydrogens is 338 g/mol. The highest BCUT2D eigenvalue weighted by molar-refractivity contribution is 5.46. The average molecular weight is 367 g/mol. The molecule has 27 heavy (non-hydrogen) atoms. The van der Waals surface area contributed by atoms with Gasteiger partial charge < -0.3 is 14.4 Å². The van der Waals surface area contributed by atoms with Crippen molar-refractivity contribution < 1.29 is 9.47 Å². The first kappa shape index (κ1) is 18.1. The highest BCUT2D eigenvalue weighted by atomic mass is 16.5. The number of methoxy groups -OCH3 is 1. The van der Waals surface area contributed by atoms with Crippen LogP contribution in [0.5, 0.6) is 11.5 Å². The van der Waals surface area contributed by atoms with E-state index in [4.69, 9.17) is 9.47 Å². The lowest BCUT2D eigenvalue weighted by atomic mass is 10.1. The van der Waals surface area contributed by atoms with Gasteiger partial charge in [-0.1, -0.05) is 30.3 Å². The van der Waals surface area contributed by atoms with Gasteiger partial charge in [0.25, 0.3) is 0 Å². The maximum absolute atomic E-state index is 6.07. The third-order valence-corrected chi connectivity index (χ3v) is 5.51. The Kier molecular flexibility index (Phi) is 5.80. The van der Waals surface area contributed by atoms with E-state index in [-0.39, 0.29) is 6.10 Å². The smallest absolute Gasteiger partial charge is 0.161 e. The van der Waals surface area contributed by atoms with E-state index >= 15 is 0 Å². The van der Waals surface area contributed by atoms with Gasteiger partial charge in [-0.15, -0.1) is 0 Å². The van der Waals surface area contributed by atoms with E-state index < -0.39 is 0 Å². The monoisotopic (exact) mass is 367 g/mol. The second kappa shape index (κ2) is 8.63. The van der Waals surface area contributed by atoms with Crippen LogP contribution >= 0.6 is 0 Å². The van der Waals surface area contributed by atoms with Crippen molar-refractivity contribution in [2.45, 2.75) is 6.10 Å². The first-order valence-electron chi connectivity index (χ1n) is 9.86. The van der Waals surface area contributed by atoms with E-state index in [1.165, 1.54) is 5.69 Å². The molecule has 4 rings (SSSR count). The van der Waals surface area contributed by atoms with Gasteiger partial charge in [-0.05, 0) is 24.3 Å². The van der Waals surface area contributed by atoms with E-state index in [1.807, 2.05) is 24.3 Å². The van der Waals surface area contributed by atoms with Crippen LogP contribution in [0.15, 0.2) is 54.6 Å². The lowest BCUT2D eigenvalue weighted by Crippen LogP contribution is -2.56. The largest absolute Gasteiger partial charge is 0.493 e. The Balaban J connectivity index is 1.15. The fourth-order valence-electron chi connectivity index (χ4n) is 3.83. The second-order valence-corrected chi connectivity index (χ2v) is 7.31. The zero-order valence-electron chi connectivity index (χ0n) is 16.1. The van der Waals surface area contributed by atoms with Gasteiger partial charge in [-0.25, -0.2) is 0 Å². The number of anilines is 1.